The van der Waals surface area contributed by atoms with Gasteiger partial charge < -0.3 is 4.74 Å². The normalized spacial score (nSPS) is 20.7. The van der Waals surface area contributed by atoms with Crippen molar-refractivity contribution in [1.82, 2.24) is 4.90 Å². The van der Waals surface area contributed by atoms with Gasteiger partial charge in [-0.15, -0.1) is 0 Å². The minimum Gasteiger partial charge on any atom is -0.489 e. The summed E-state index contributed by atoms with van der Waals surface area (Å²) in [5.41, 5.74) is 1.29. The van der Waals surface area contributed by atoms with Crippen LogP contribution in [0.1, 0.15) is 31.7 Å². The number of aryl methyl sites for hydroxylation is 1. The first-order chi connectivity index (χ1) is 8.28. The first-order valence-corrected chi connectivity index (χ1v) is 6.73. The van der Waals surface area contributed by atoms with E-state index in [1.165, 1.54) is 31.5 Å². The molecule has 1 heterocycles. The Morgan fingerprint density at radius 3 is 2.76 bits per heavy atom. The Bertz CT molecular complexity index is 333. The van der Waals surface area contributed by atoms with Crippen molar-refractivity contribution in [3.63, 3.8) is 0 Å². The molecule has 2 rings (SSSR count). The predicted octanol–water partition coefficient (Wildman–Crippen LogP) is 3.25. The third-order valence-electron chi connectivity index (χ3n) is 3.38. The number of likely N-dealkylation sites (tertiary alicyclic amines) is 1. The zero-order valence-electron chi connectivity index (χ0n) is 11.0. The Labute approximate surface area is 105 Å². The highest BCUT2D eigenvalue weighted by molar-refractivity contribution is 5.26. The number of hydrogen-bond acceptors (Lipinski definition) is 2. The van der Waals surface area contributed by atoms with Gasteiger partial charge in [0.05, 0.1) is 0 Å². The molecule has 1 unspecified atom stereocenters. The van der Waals surface area contributed by atoms with E-state index in [4.69, 9.17) is 4.74 Å². The Morgan fingerprint density at radius 2 is 2.06 bits per heavy atom. The van der Waals surface area contributed by atoms with Crippen LogP contribution in [0.15, 0.2) is 24.3 Å². The summed E-state index contributed by atoms with van der Waals surface area (Å²) in [6.45, 7) is 7.86. The van der Waals surface area contributed by atoms with Gasteiger partial charge in [0, 0.05) is 13.1 Å². The van der Waals surface area contributed by atoms with Crippen LogP contribution in [0.5, 0.6) is 5.75 Å². The molecule has 0 aliphatic carbocycles. The molecule has 0 radical (unpaired) electrons. The zero-order valence-corrected chi connectivity index (χ0v) is 11.0. The van der Waals surface area contributed by atoms with E-state index in [0.29, 0.717) is 6.10 Å². The van der Waals surface area contributed by atoms with Gasteiger partial charge in [0.25, 0.3) is 0 Å². The van der Waals surface area contributed by atoms with Crippen molar-refractivity contribution in [2.24, 2.45) is 0 Å². The first kappa shape index (κ1) is 12.4. The number of benzene rings is 1. The molecule has 1 aliphatic rings. The fourth-order valence-electron chi connectivity index (χ4n) is 2.29. The van der Waals surface area contributed by atoms with Crippen LogP contribution >= 0.6 is 0 Å². The maximum absolute atomic E-state index is 6.00. The third kappa shape index (κ3) is 3.74. The average Bonchev–Trinajstić information content (AvgIpc) is 2.77. The van der Waals surface area contributed by atoms with Gasteiger partial charge in [-0.25, -0.2) is 0 Å². The Balaban J connectivity index is 1.79. The second-order valence-electron chi connectivity index (χ2n) is 5.00. The van der Waals surface area contributed by atoms with Crippen molar-refractivity contribution < 1.29 is 4.74 Å². The fourth-order valence-corrected chi connectivity index (χ4v) is 2.29. The molecule has 17 heavy (non-hydrogen) atoms. The van der Waals surface area contributed by atoms with E-state index in [-0.39, 0.29) is 0 Å². The van der Waals surface area contributed by atoms with Crippen molar-refractivity contribution in [2.75, 3.05) is 19.6 Å². The Kier molecular flexibility index (Phi) is 4.43. The van der Waals surface area contributed by atoms with E-state index < -0.39 is 0 Å². The molecule has 94 valence electrons. The van der Waals surface area contributed by atoms with Crippen LogP contribution in [0.25, 0.3) is 0 Å². The highest BCUT2D eigenvalue weighted by Gasteiger charge is 2.23. The molecule has 1 atom stereocenters. The molecule has 0 bridgehead atoms. The number of nitrogens with zero attached hydrogens (tertiary/aromatic N) is 1. The van der Waals surface area contributed by atoms with Crippen LogP contribution in [0.3, 0.4) is 0 Å². The molecule has 0 aromatic heterocycles. The van der Waals surface area contributed by atoms with E-state index in [0.717, 1.165) is 18.7 Å². The molecule has 1 aromatic rings. The topological polar surface area (TPSA) is 12.5 Å². The maximum atomic E-state index is 6.00. The minimum absolute atomic E-state index is 0.384. The van der Waals surface area contributed by atoms with E-state index in [2.05, 4.69) is 43.0 Å². The smallest absolute Gasteiger partial charge is 0.119 e. The molecule has 1 aliphatic heterocycles. The molecule has 0 spiro atoms. The van der Waals surface area contributed by atoms with Crippen LogP contribution in [0, 0.1) is 6.92 Å². The molecular formula is C15H23NO. The van der Waals surface area contributed by atoms with Gasteiger partial charge in [-0.1, -0.05) is 31.0 Å². The molecule has 1 aromatic carbocycles. The fraction of sp³-hybridized carbons (Fsp3) is 0.600. The first-order valence-electron chi connectivity index (χ1n) is 6.73. The van der Waals surface area contributed by atoms with Crippen molar-refractivity contribution in [1.29, 1.82) is 0 Å². The molecule has 1 saturated heterocycles. The van der Waals surface area contributed by atoms with Crippen molar-refractivity contribution in [3.05, 3.63) is 29.8 Å². The van der Waals surface area contributed by atoms with Gasteiger partial charge in [-0.2, -0.15) is 0 Å². The molecule has 0 saturated carbocycles. The molecule has 2 heteroatoms. The number of rotatable bonds is 5. The van der Waals surface area contributed by atoms with Crippen molar-refractivity contribution in [3.8, 4) is 5.75 Å². The lowest BCUT2D eigenvalue weighted by Crippen LogP contribution is -2.25. The molecule has 2 nitrogen and oxygen atoms in total. The van der Waals surface area contributed by atoms with Crippen molar-refractivity contribution in [2.45, 2.75) is 39.2 Å². The summed E-state index contributed by atoms with van der Waals surface area (Å²) in [5, 5.41) is 0. The Morgan fingerprint density at radius 1 is 1.29 bits per heavy atom. The molecule has 1 fully saturated rings. The van der Waals surface area contributed by atoms with Gasteiger partial charge in [0.1, 0.15) is 11.9 Å². The molecule has 0 amide bonds. The summed E-state index contributed by atoms with van der Waals surface area (Å²) in [4.78, 5) is 2.52. The van der Waals surface area contributed by atoms with Crippen LogP contribution in [0.2, 0.25) is 0 Å². The summed E-state index contributed by atoms with van der Waals surface area (Å²) in [7, 11) is 0. The van der Waals surface area contributed by atoms with Gasteiger partial charge in [0.15, 0.2) is 0 Å². The van der Waals surface area contributed by atoms with Gasteiger partial charge in [-0.3, -0.25) is 4.90 Å². The number of ether oxygens (including phenoxy) is 1. The molecule has 0 N–H and O–H groups in total. The predicted molar refractivity (Wildman–Crippen MR) is 71.6 cm³/mol. The second-order valence-corrected chi connectivity index (χ2v) is 5.00. The summed E-state index contributed by atoms with van der Waals surface area (Å²) in [6.07, 6.45) is 4.13. The number of hydrogen-bond donors (Lipinski definition) is 0. The third-order valence-corrected chi connectivity index (χ3v) is 3.38. The van der Waals surface area contributed by atoms with Crippen LogP contribution in [-0.4, -0.2) is 30.6 Å². The maximum Gasteiger partial charge on any atom is 0.119 e. The SMILES string of the molecule is CCCCN1CCC(Oc2ccc(C)cc2)C1. The highest BCUT2D eigenvalue weighted by Crippen LogP contribution is 2.19. The van der Waals surface area contributed by atoms with Gasteiger partial charge >= 0.3 is 0 Å². The van der Waals surface area contributed by atoms with Gasteiger partial charge in [0.2, 0.25) is 0 Å². The lowest BCUT2D eigenvalue weighted by Gasteiger charge is -2.16. The average molecular weight is 233 g/mol. The van der Waals surface area contributed by atoms with Gasteiger partial charge in [-0.05, 0) is 38.4 Å². The number of unbranched alkanes of at least 4 members (excludes halogenated alkanes) is 1. The zero-order chi connectivity index (χ0) is 12.1. The monoisotopic (exact) mass is 233 g/mol. The summed E-state index contributed by atoms with van der Waals surface area (Å²) >= 11 is 0. The quantitative estimate of drug-likeness (QED) is 0.774. The highest BCUT2D eigenvalue weighted by atomic mass is 16.5. The van der Waals surface area contributed by atoms with Crippen molar-refractivity contribution >= 4 is 0 Å². The van der Waals surface area contributed by atoms with E-state index >= 15 is 0 Å². The summed E-state index contributed by atoms with van der Waals surface area (Å²) < 4.78 is 6.00. The van der Waals surface area contributed by atoms with E-state index in [9.17, 15) is 0 Å². The van der Waals surface area contributed by atoms with Crippen LogP contribution < -0.4 is 4.74 Å². The van der Waals surface area contributed by atoms with Crippen LogP contribution in [-0.2, 0) is 0 Å². The largest absolute Gasteiger partial charge is 0.489 e. The minimum atomic E-state index is 0.384. The van der Waals surface area contributed by atoms with Crippen LogP contribution in [0.4, 0.5) is 0 Å². The summed E-state index contributed by atoms with van der Waals surface area (Å²) in [6, 6.07) is 8.37. The summed E-state index contributed by atoms with van der Waals surface area (Å²) in [5.74, 6) is 1.01. The van der Waals surface area contributed by atoms with E-state index in [1.807, 2.05) is 0 Å². The van der Waals surface area contributed by atoms with E-state index in [1.54, 1.807) is 0 Å². The lowest BCUT2D eigenvalue weighted by atomic mass is 10.2. The lowest BCUT2D eigenvalue weighted by molar-refractivity contribution is 0.199. The molecular weight excluding hydrogens is 210 g/mol. The second kappa shape index (κ2) is 6.06. The Hall–Kier alpha value is -1.02. The standard InChI is InChI=1S/C15H23NO/c1-3-4-10-16-11-9-15(12-16)17-14-7-5-13(2)6-8-14/h5-8,15H,3-4,9-12H2,1-2H3.